The van der Waals surface area contributed by atoms with Gasteiger partial charge in [0.2, 0.25) is 0 Å². The largest absolute Gasteiger partial charge is 0.481 e. The molecule has 0 amide bonds. The number of likely N-dealkylation sites (tertiary alicyclic amines) is 1. The summed E-state index contributed by atoms with van der Waals surface area (Å²) in [6, 6.07) is 0.796. The van der Waals surface area contributed by atoms with Crippen LogP contribution in [0.3, 0.4) is 0 Å². The van der Waals surface area contributed by atoms with Crippen molar-refractivity contribution in [1.82, 2.24) is 4.90 Å². The number of carboxylic acids is 1. The standard InChI is InChI=1S/C15H27NO3/c1-2-12-3-4-13(11-12)16-8-5-14(6-9-16)19-10-7-15(17)18/h12-14H,2-11H2,1H3,(H,17,18). The number of hydrogen-bond acceptors (Lipinski definition) is 3. The van der Waals surface area contributed by atoms with Gasteiger partial charge in [-0.25, -0.2) is 0 Å². The number of carboxylic acid groups (broad SMARTS) is 1. The Labute approximate surface area is 116 Å². The van der Waals surface area contributed by atoms with Gasteiger partial charge >= 0.3 is 5.97 Å². The van der Waals surface area contributed by atoms with Crippen LogP contribution in [-0.4, -0.2) is 47.8 Å². The Morgan fingerprint density at radius 1 is 1.26 bits per heavy atom. The van der Waals surface area contributed by atoms with Crippen LogP contribution in [0, 0.1) is 5.92 Å². The fourth-order valence-electron chi connectivity index (χ4n) is 3.47. The third-order valence-electron chi connectivity index (χ3n) is 4.75. The molecule has 1 N–H and O–H groups in total. The van der Waals surface area contributed by atoms with Gasteiger partial charge in [0.15, 0.2) is 0 Å². The fourth-order valence-corrected chi connectivity index (χ4v) is 3.47. The van der Waals surface area contributed by atoms with Crippen LogP contribution < -0.4 is 0 Å². The van der Waals surface area contributed by atoms with Crippen molar-refractivity contribution in [2.45, 2.75) is 64.0 Å². The molecular formula is C15H27NO3. The number of nitrogens with zero attached hydrogens (tertiary/aromatic N) is 1. The highest BCUT2D eigenvalue weighted by Gasteiger charge is 2.30. The van der Waals surface area contributed by atoms with Crippen molar-refractivity contribution in [3.05, 3.63) is 0 Å². The van der Waals surface area contributed by atoms with Gasteiger partial charge in [0, 0.05) is 19.1 Å². The lowest BCUT2D eigenvalue weighted by Crippen LogP contribution is -2.42. The highest BCUT2D eigenvalue weighted by atomic mass is 16.5. The molecule has 0 bridgehead atoms. The van der Waals surface area contributed by atoms with Gasteiger partial charge in [0.05, 0.1) is 19.1 Å². The molecule has 2 aliphatic rings. The summed E-state index contributed by atoms with van der Waals surface area (Å²) < 4.78 is 5.64. The quantitative estimate of drug-likeness (QED) is 0.805. The Bertz CT molecular complexity index is 287. The van der Waals surface area contributed by atoms with E-state index in [0.717, 1.165) is 37.9 Å². The highest BCUT2D eigenvalue weighted by Crippen LogP contribution is 2.32. The van der Waals surface area contributed by atoms with Crippen molar-refractivity contribution in [1.29, 1.82) is 0 Å². The molecule has 2 fully saturated rings. The molecule has 1 saturated heterocycles. The minimum Gasteiger partial charge on any atom is -0.481 e. The Kier molecular flexibility index (Phi) is 5.64. The van der Waals surface area contributed by atoms with Crippen LogP contribution >= 0.6 is 0 Å². The molecule has 1 saturated carbocycles. The summed E-state index contributed by atoms with van der Waals surface area (Å²) in [5, 5.41) is 8.59. The van der Waals surface area contributed by atoms with Gasteiger partial charge < -0.3 is 14.7 Å². The summed E-state index contributed by atoms with van der Waals surface area (Å²) in [6.45, 7) is 4.91. The van der Waals surface area contributed by atoms with Gasteiger partial charge in [0.1, 0.15) is 0 Å². The summed E-state index contributed by atoms with van der Waals surface area (Å²) in [4.78, 5) is 13.1. The predicted molar refractivity (Wildman–Crippen MR) is 74.2 cm³/mol. The fraction of sp³-hybridized carbons (Fsp3) is 0.933. The van der Waals surface area contributed by atoms with Crippen molar-refractivity contribution >= 4 is 5.97 Å². The monoisotopic (exact) mass is 269 g/mol. The minimum absolute atomic E-state index is 0.126. The zero-order chi connectivity index (χ0) is 13.7. The van der Waals surface area contributed by atoms with Crippen LogP contribution in [0.4, 0.5) is 0 Å². The van der Waals surface area contributed by atoms with Crippen molar-refractivity contribution < 1.29 is 14.6 Å². The number of hydrogen-bond donors (Lipinski definition) is 1. The van der Waals surface area contributed by atoms with E-state index in [4.69, 9.17) is 9.84 Å². The molecule has 19 heavy (non-hydrogen) atoms. The minimum atomic E-state index is -0.769. The van der Waals surface area contributed by atoms with Gasteiger partial charge in [-0.15, -0.1) is 0 Å². The van der Waals surface area contributed by atoms with Crippen molar-refractivity contribution in [2.75, 3.05) is 19.7 Å². The number of piperidine rings is 1. The summed E-state index contributed by atoms with van der Waals surface area (Å²) in [7, 11) is 0. The Morgan fingerprint density at radius 2 is 2.00 bits per heavy atom. The first-order chi connectivity index (χ1) is 9.19. The van der Waals surface area contributed by atoms with E-state index >= 15 is 0 Å². The van der Waals surface area contributed by atoms with Crippen LogP contribution in [0.25, 0.3) is 0 Å². The molecule has 0 aromatic heterocycles. The van der Waals surface area contributed by atoms with E-state index in [1.807, 2.05) is 0 Å². The van der Waals surface area contributed by atoms with Crippen molar-refractivity contribution in [2.24, 2.45) is 5.92 Å². The number of rotatable bonds is 6. The van der Waals surface area contributed by atoms with Gasteiger partial charge in [-0.3, -0.25) is 4.79 Å². The smallest absolute Gasteiger partial charge is 0.305 e. The van der Waals surface area contributed by atoms with Gasteiger partial charge in [0.25, 0.3) is 0 Å². The zero-order valence-electron chi connectivity index (χ0n) is 12.0. The van der Waals surface area contributed by atoms with Crippen LogP contribution in [0.2, 0.25) is 0 Å². The Hall–Kier alpha value is -0.610. The second-order valence-corrected chi connectivity index (χ2v) is 5.99. The lowest BCUT2D eigenvalue weighted by atomic mass is 10.0. The van der Waals surface area contributed by atoms with Gasteiger partial charge in [-0.1, -0.05) is 13.3 Å². The molecule has 2 atom stereocenters. The maximum atomic E-state index is 10.4. The average molecular weight is 269 g/mol. The van der Waals surface area contributed by atoms with E-state index in [-0.39, 0.29) is 12.5 Å². The topological polar surface area (TPSA) is 49.8 Å². The maximum absolute atomic E-state index is 10.4. The SMILES string of the molecule is CCC1CCC(N2CCC(OCCC(=O)O)CC2)C1. The van der Waals surface area contributed by atoms with E-state index in [1.165, 1.54) is 25.7 Å². The Morgan fingerprint density at radius 3 is 2.58 bits per heavy atom. The molecule has 110 valence electrons. The first-order valence-electron chi connectivity index (χ1n) is 7.76. The summed E-state index contributed by atoms with van der Waals surface area (Å²) in [6.07, 6.45) is 7.99. The molecule has 1 aliphatic carbocycles. The first kappa shape index (κ1) is 14.8. The van der Waals surface area contributed by atoms with Crippen LogP contribution in [0.15, 0.2) is 0 Å². The molecule has 1 heterocycles. The number of ether oxygens (including phenoxy) is 1. The molecule has 2 rings (SSSR count). The van der Waals surface area contributed by atoms with E-state index in [0.29, 0.717) is 6.61 Å². The summed E-state index contributed by atoms with van der Waals surface area (Å²) in [5.41, 5.74) is 0. The van der Waals surface area contributed by atoms with Crippen LogP contribution in [-0.2, 0) is 9.53 Å². The third-order valence-corrected chi connectivity index (χ3v) is 4.75. The lowest BCUT2D eigenvalue weighted by molar-refractivity contribution is -0.138. The maximum Gasteiger partial charge on any atom is 0.305 e. The summed E-state index contributed by atoms with van der Waals surface area (Å²) in [5.74, 6) is 0.170. The van der Waals surface area contributed by atoms with E-state index < -0.39 is 5.97 Å². The molecule has 0 aromatic carbocycles. The normalized spacial score (nSPS) is 29.7. The molecule has 0 radical (unpaired) electrons. The molecule has 2 unspecified atom stereocenters. The highest BCUT2D eigenvalue weighted by molar-refractivity contribution is 5.66. The summed E-state index contributed by atoms with van der Waals surface area (Å²) >= 11 is 0. The first-order valence-corrected chi connectivity index (χ1v) is 7.76. The number of carbonyl (C=O) groups is 1. The van der Waals surface area contributed by atoms with Gasteiger partial charge in [-0.05, 0) is 38.0 Å². The second kappa shape index (κ2) is 7.25. The van der Waals surface area contributed by atoms with Crippen molar-refractivity contribution in [3.8, 4) is 0 Å². The molecule has 4 heteroatoms. The molecule has 0 spiro atoms. The molecule has 0 aromatic rings. The Balaban J connectivity index is 1.64. The average Bonchev–Trinajstić information content (AvgIpc) is 2.88. The van der Waals surface area contributed by atoms with E-state index in [9.17, 15) is 4.79 Å². The predicted octanol–water partition coefficient (Wildman–Crippen LogP) is 2.52. The van der Waals surface area contributed by atoms with Crippen LogP contribution in [0.5, 0.6) is 0 Å². The number of aliphatic carboxylic acids is 1. The third kappa shape index (κ3) is 4.46. The molecule has 4 nitrogen and oxygen atoms in total. The van der Waals surface area contributed by atoms with Crippen LogP contribution in [0.1, 0.15) is 51.9 Å². The molecule has 1 aliphatic heterocycles. The second-order valence-electron chi connectivity index (χ2n) is 5.99. The van der Waals surface area contributed by atoms with E-state index in [2.05, 4.69) is 11.8 Å². The van der Waals surface area contributed by atoms with Gasteiger partial charge in [-0.2, -0.15) is 0 Å². The van der Waals surface area contributed by atoms with E-state index in [1.54, 1.807) is 0 Å². The van der Waals surface area contributed by atoms with Crippen molar-refractivity contribution in [3.63, 3.8) is 0 Å². The lowest BCUT2D eigenvalue weighted by Gasteiger charge is -2.36. The zero-order valence-corrected chi connectivity index (χ0v) is 12.0. The molecular weight excluding hydrogens is 242 g/mol.